The Hall–Kier alpha value is -1.53. The quantitative estimate of drug-likeness (QED) is 0.853. The first-order valence-electron chi connectivity index (χ1n) is 8.08. The molecule has 1 aliphatic heterocycles. The summed E-state index contributed by atoms with van der Waals surface area (Å²) < 4.78 is 2.12. The summed E-state index contributed by atoms with van der Waals surface area (Å²) in [5.74, 6) is 2.13. The molecule has 1 fully saturated rings. The summed E-state index contributed by atoms with van der Waals surface area (Å²) in [5, 5.41) is 18.9. The van der Waals surface area contributed by atoms with Crippen LogP contribution in [-0.2, 0) is 20.0 Å². The third kappa shape index (κ3) is 4.06. The highest BCUT2D eigenvalue weighted by atomic mass is 32.2. The van der Waals surface area contributed by atoms with E-state index in [9.17, 15) is 5.11 Å². The molecule has 5 nitrogen and oxygen atoms in total. The van der Waals surface area contributed by atoms with Gasteiger partial charge in [0.15, 0.2) is 5.16 Å². The number of phenols is 1. The zero-order valence-electron chi connectivity index (χ0n) is 13.8. The van der Waals surface area contributed by atoms with Crippen molar-refractivity contribution in [2.24, 2.45) is 13.0 Å². The molecule has 0 radical (unpaired) electrons. The maximum atomic E-state index is 9.35. The summed E-state index contributed by atoms with van der Waals surface area (Å²) in [6.07, 6.45) is 5.48. The molecular weight excluding hydrogens is 308 g/mol. The molecule has 0 bridgehead atoms. The van der Waals surface area contributed by atoms with Crippen molar-refractivity contribution >= 4 is 11.8 Å². The number of benzene rings is 1. The SMILES string of the molecule is CSc1nnc(CC2CCN(Cc3ccc(O)cc3)CC2)n1C. The summed E-state index contributed by atoms with van der Waals surface area (Å²) in [5.41, 5.74) is 1.26. The number of likely N-dealkylation sites (tertiary alicyclic amines) is 1. The molecule has 2 heterocycles. The predicted molar refractivity (Wildman–Crippen MR) is 92.6 cm³/mol. The zero-order valence-corrected chi connectivity index (χ0v) is 14.6. The lowest BCUT2D eigenvalue weighted by atomic mass is 9.93. The second-order valence-electron chi connectivity index (χ2n) is 6.25. The Labute approximate surface area is 141 Å². The molecule has 6 heteroatoms. The van der Waals surface area contributed by atoms with Crippen LogP contribution in [0.3, 0.4) is 0 Å². The number of aromatic hydroxyl groups is 1. The third-order valence-electron chi connectivity index (χ3n) is 4.63. The molecular formula is C17H24N4OS. The Morgan fingerprint density at radius 3 is 2.48 bits per heavy atom. The molecule has 2 aromatic rings. The molecule has 1 aromatic heterocycles. The summed E-state index contributed by atoms with van der Waals surface area (Å²) in [6.45, 7) is 3.21. The largest absolute Gasteiger partial charge is 0.508 e. The van der Waals surface area contributed by atoms with Crippen molar-refractivity contribution in [3.8, 4) is 5.75 Å². The normalized spacial score (nSPS) is 16.8. The van der Waals surface area contributed by atoms with Gasteiger partial charge in [-0.3, -0.25) is 4.90 Å². The van der Waals surface area contributed by atoms with Crippen LogP contribution in [-0.4, -0.2) is 44.1 Å². The lowest BCUT2D eigenvalue weighted by Crippen LogP contribution is -2.34. The van der Waals surface area contributed by atoms with Crippen LogP contribution < -0.4 is 0 Å². The van der Waals surface area contributed by atoms with Crippen molar-refractivity contribution in [2.45, 2.75) is 31.0 Å². The standard InChI is InChI=1S/C17H24N4OS/c1-20-16(18-19-17(20)23-2)11-13-7-9-21(10-8-13)12-14-3-5-15(22)6-4-14/h3-6,13,22H,7-12H2,1-2H3. The second-order valence-corrected chi connectivity index (χ2v) is 7.03. The summed E-state index contributed by atoms with van der Waals surface area (Å²) >= 11 is 1.64. The lowest BCUT2D eigenvalue weighted by Gasteiger charge is -2.31. The monoisotopic (exact) mass is 332 g/mol. The van der Waals surface area contributed by atoms with Crippen molar-refractivity contribution in [1.29, 1.82) is 0 Å². The molecule has 0 atom stereocenters. The van der Waals surface area contributed by atoms with E-state index < -0.39 is 0 Å². The van der Waals surface area contributed by atoms with Gasteiger partial charge in [0.25, 0.3) is 0 Å². The van der Waals surface area contributed by atoms with Gasteiger partial charge in [-0.25, -0.2) is 0 Å². The van der Waals surface area contributed by atoms with Crippen LogP contribution in [0.2, 0.25) is 0 Å². The van der Waals surface area contributed by atoms with Gasteiger partial charge < -0.3 is 9.67 Å². The molecule has 1 aliphatic rings. The number of aromatic nitrogens is 3. The van der Waals surface area contributed by atoms with Crippen LogP contribution in [0.1, 0.15) is 24.2 Å². The maximum absolute atomic E-state index is 9.35. The summed E-state index contributed by atoms with van der Waals surface area (Å²) in [7, 11) is 2.06. The second kappa shape index (κ2) is 7.36. The average molecular weight is 332 g/mol. The Bertz CT molecular complexity index is 633. The van der Waals surface area contributed by atoms with Gasteiger partial charge in [0, 0.05) is 20.0 Å². The molecule has 23 heavy (non-hydrogen) atoms. The molecule has 0 spiro atoms. The number of piperidine rings is 1. The third-order valence-corrected chi connectivity index (χ3v) is 5.35. The van der Waals surface area contributed by atoms with E-state index in [1.165, 1.54) is 18.4 Å². The number of hydrogen-bond acceptors (Lipinski definition) is 5. The van der Waals surface area contributed by atoms with Crippen LogP contribution in [0, 0.1) is 5.92 Å². The number of thioether (sulfide) groups is 1. The van der Waals surface area contributed by atoms with E-state index in [1.807, 2.05) is 18.4 Å². The molecule has 1 aromatic carbocycles. The molecule has 0 saturated carbocycles. The molecule has 0 aliphatic carbocycles. The van der Waals surface area contributed by atoms with Crippen molar-refractivity contribution in [1.82, 2.24) is 19.7 Å². The van der Waals surface area contributed by atoms with Gasteiger partial charge in [0.1, 0.15) is 11.6 Å². The van der Waals surface area contributed by atoms with Crippen molar-refractivity contribution in [3.05, 3.63) is 35.7 Å². The van der Waals surface area contributed by atoms with E-state index in [4.69, 9.17) is 0 Å². The minimum Gasteiger partial charge on any atom is -0.508 e. The Morgan fingerprint density at radius 2 is 1.87 bits per heavy atom. The maximum Gasteiger partial charge on any atom is 0.190 e. The van der Waals surface area contributed by atoms with Crippen molar-refractivity contribution < 1.29 is 5.11 Å². The predicted octanol–water partition coefficient (Wildman–Crippen LogP) is 2.70. The zero-order chi connectivity index (χ0) is 16.2. The van der Waals surface area contributed by atoms with Crippen LogP contribution >= 0.6 is 11.8 Å². The van der Waals surface area contributed by atoms with Gasteiger partial charge in [-0.1, -0.05) is 23.9 Å². The topological polar surface area (TPSA) is 54.2 Å². The van der Waals surface area contributed by atoms with E-state index in [0.717, 1.165) is 37.0 Å². The molecule has 1 saturated heterocycles. The fraction of sp³-hybridized carbons (Fsp3) is 0.529. The molecule has 0 unspecified atom stereocenters. The van der Waals surface area contributed by atoms with E-state index in [1.54, 1.807) is 23.9 Å². The van der Waals surface area contributed by atoms with Gasteiger partial charge in [-0.2, -0.15) is 0 Å². The van der Waals surface area contributed by atoms with Gasteiger partial charge >= 0.3 is 0 Å². The molecule has 1 N–H and O–H groups in total. The molecule has 124 valence electrons. The van der Waals surface area contributed by atoms with Crippen LogP contribution in [0.5, 0.6) is 5.75 Å². The molecule has 0 amide bonds. The Morgan fingerprint density at radius 1 is 1.17 bits per heavy atom. The summed E-state index contributed by atoms with van der Waals surface area (Å²) in [6, 6.07) is 7.54. The highest BCUT2D eigenvalue weighted by Crippen LogP contribution is 2.23. The van der Waals surface area contributed by atoms with Gasteiger partial charge in [-0.15, -0.1) is 10.2 Å². The first-order chi connectivity index (χ1) is 11.2. The minimum atomic E-state index is 0.334. The average Bonchev–Trinajstić information content (AvgIpc) is 2.92. The Kier molecular flexibility index (Phi) is 5.23. The van der Waals surface area contributed by atoms with Crippen molar-refractivity contribution in [3.63, 3.8) is 0 Å². The number of phenolic OH excluding ortho intramolecular Hbond substituents is 1. The van der Waals surface area contributed by atoms with Gasteiger partial charge in [0.2, 0.25) is 0 Å². The Balaban J connectivity index is 1.50. The fourth-order valence-electron chi connectivity index (χ4n) is 3.17. The first-order valence-corrected chi connectivity index (χ1v) is 9.30. The lowest BCUT2D eigenvalue weighted by molar-refractivity contribution is 0.175. The molecule has 3 rings (SSSR count). The first kappa shape index (κ1) is 16.3. The smallest absolute Gasteiger partial charge is 0.190 e. The van der Waals surface area contributed by atoms with Gasteiger partial charge in [0.05, 0.1) is 0 Å². The van der Waals surface area contributed by atoms with Crippen molar-refractivity contribution in [2.75, 3.05) is 19.3 Å². The number of nitrogens with zero attached hydrogens (tertiary/aromatic N) is 4. The number of hydrogen-bond donors (Lipinski definition) is 1. The van der Waals surface area contributed by atoms with Crippen LogP contribution in [0.15, 0.2) is 29.4 Å². The van der Waals surface area contributed by atoms with E-state index in [2.05, 4.69) is 26.7 Å². The van der Waals surface area contributed by atoms with Crippen LogP contribution in [0.4, 0.5) is 0 Å². The van der Waals surface area contributed by atoms with E-state index >= 15 is 0 Å². The van der Waals surface area contributed by atoms with Crippen LogP contribution in [0.25, 0.3) is 0 Å². The fourth-order valence-corrected chi connectivity index (χ4v) is 3.67. The number of rotatable bonds is 5. The van der Waals surface area contributed by atoms with Gasteiger partial charge in [-0.05, 0) is 55.8 Å². The highest BCUT2D eigenvalue weighted by Gasteiger charge is 2.21. The van der Waals surface area contributed by atoms with E-state index in [0.29, 0.717) is 11.7 Å². The minimum absolute atomic E-state index is 0.334. The highest BCUT2D eigenvalue weighted by molar-refractivity contribution is 7.98. The summed E-state index contributed by atoms with van der Waals surface area (Å²) in [4.78, 5) is 2.49. The van der Waals surface area contributed by atoms with E-state index in [-0.39, 0.29) is 0 Å².